The van der Waals surface area contributed by atoms with Crippen molar-refractivity contribution in [2.24, 2.45) is 0 Å². The zero-order valence-electron chi connectivity index (χ0n) is 50.2. The molecule has 0 bridgehead atoms. The number of allylic oxidation sites excluding steroid dienone is 6. The minimum Gasteiger partial charge on any atom is -0.477 e. The summed E-state index contributed by atoms with van der Waals surface area (Å²) in [6.45, 7) is 4.79. The van der Waals surface area contributed by atoms with E-state index in [1.54, 1.807) is 0 Å². The number of ether oxygens (including phenoxy) is 4. The number of carboxylic acid groups (broad SMARTS) is 1. The van der Waals surface area contributed by atoms with Gasteiger partial charge in [-0.05, 0) is 44.9 Å². The predicted molar refractivity (Wildman–Crippen MR) is 318 cm³/mol. The third-order valence-electron chi connectivity index (χ3n) is 14.4. The molecule has 0 heterocycles. The minimum atomic E-state index is -1.51. The molecule has 0 aliphatic carbocycles. The van der Waals surface area contributed by atoms with Gasteiger partial charge in [0.1, 0.15) is 13.2 Å². The molecule has 0 radical (unpaired) electrons. The number of nitrogens with zero attached hydrogens (tertiary/aromatic N) is 1. The number of likely N-dealkylation sites (N-methyl/N-ethyl adjacent to an activating group) is 1. The molecule has 0 spiro atoms. The zero-order valence-corrected chi connectivity index (χ0v) is 50.2. The number of carboxylic acids is 1. The number of carbonyl (C=O) groups excluding carboxylic acids is 2. The number of carbonyl (C=O) groups is 3. The van der Waals surface area contributed by atoms with Crippen LogP contribution in [0.2, 0.25) is 0 Å². The molecular weight excluding hydrogens is 935 g/mol. The Balaban J connectivity index is 3.97. The van der Waals surface area contributed by atoms with Crippen LogP contribution in [-0.2, 0) is 33.3 Å². The Bertz CT molecular complexity index is 1320. The fourth-order valence-corrected chi connectivity index (χ4v) is 9.50. The van der Waals surface area contributed by atoms with E-state index in [0.29, 0.717) is 23.9 Å². The van der Waals surface area contributed by atoms with E-state index in [9.17, 15) is 19.5 Å². The molecular formula is C66H124NO8+. The second-order valence-corrected chi connectivity index (χ2v) is 23.1. The first-order chi connectivity index (χ1) is 36.6. The summed E-state index contributed by atoms with van der Waals surface area (Å²) in [5.74, 6) is -2.01. The van der Waals surface area contributed by atoms with Crippen LogP contribution >= 0.6 is 0 Å². The summed E-state index contributed by atoms with van der Waals surface area (Å²) < 4.78 is 22.9. The van der Waals surface area contributed by atoms with Crippen LogP contribution in [0.25, 0.3) is 0 Å². The number of aliphatic carboxylic acids is 1. The average Bonchev–Trinajstić information content (AvgIpc) is 3.38. The van der Waals surface area contributed by atoms with E-state index >= 15 is 0 Å². The molecule has 0 rings (SSSR count). The van der Waals surface area contributed by atoms with Crippen molar-refractivity contribution >= 4 is 17.9 Å². The third-order valence-corrected chi connectivity index (χ3v) is 14.4. The summed E-state index contributed by atoms with van der Waals surface area (Å²) in [6.07, 6.45) is 68.5. The maximum absolute atomic E-state index is 12.8. The van der Waals surface area contributed by atoms with Crippen molar-refractivity contribution in [1.82, 2.24) is 0 Å². The summed E-state index contributed by atoms with van der Waals surface area (Å²) in [5.41, 5.74) is 0. The normalized spacial score (nSPS) is 12.9. The number of esters is 2. The van der Waals surface area contributed by atoms with E-state index in [1.165, 1.54) is 205 Å². The Labute approximate surface area is 464 Å². The van der Waals surface area contributed by atoms with Gasteiger partial charge in [0, 0.05) is 12.8 Å². The van der Waals surface area contributed by atoms with E-state index in [4.69, 9.17) is 18.9 Å². The van der Waals surface area contributed by atoms with Gasteiger partial charge < -0.3 is 28.5 Å². The second-order valence-electron chi connectivity index (χ2n) is 23.1. The Morgan fingerprint density at radius 2 is 0.760 bits per heavy atom. The monoisotopic (exact) mass is 1060 g/mol. The molecule has 440 valence electrons. The zero-order chi connectivity index (χ0) is 54.8. The molecule has 0 aromatic heterocycles. The van der Waals surface area contributed by atoms with E-state index < -0.39 is 24.3 Å². The quantitative estimate of drug-likeness (QED) is 0.0211. The van der Waals surface area contributed by atoms with Crippen molar-refractivity contribution in [3.05, 3.63) is 36.5 Å². The van der Waals surface area contributed by atoms with Gasteiger partial charge in [0.05, 0.1) is 34.4 Å². The molecule has 9 nitrogen and oxygen atoms in total. The van der Waals surface area contributed by atoms with Crippen LogP contribution in [0.15, 0.2) is 36.5 Å². The highest BCUT2D eigenvalue weighted by atomic mass is 16.7. The van der Waals surface area contributed by atoms with Gasteiger partial charge in [-0.1, -0.05) is 288 Å². The second kappa shape index (κ2) is 57.7. The van der Waals surface area contributed by atoms with Gasteiger partial charge in [0.15, 0.2) is 6.10 Å². The van der Waals surface area contributed by atoms with Crippen molar-refractivity contribution in [2.45, 2.75) is 322 Å². The molecule has 0 saturated heterocycles. The van der Waals surface area contributed by atoms with Gasteiger partial charge in [0.2, 0.25) is 0 Å². The molecule has 1 N–H and O–H groups in total. The molecule has 2 unspecified atom stereocenters. The largest absolute Gasteiger partial charge is 0.477 e. The summed E-state index contributed by atoms with van der Waals surface area (Å²) in [7, 11) is 5.97. The van der Waals surface area contributed by atoms with Crippen LogP contribution in [0.1, 0.15) is 309 Å². The van der Waals surface area contributed by atoms with Crippen molar-refractivity contribution < 1.29 is 42.9 Å². The van der Waals surface area contributed by atoms with Crippen LogP contribution in [-0.4, -0.2) is 87.4 Å². The van der Waals surface area contributed by atoms with Crippen LogP contribution < -0.4 is 0 Å². The van der Waals surface area contributed by atoms with Gasteiger partial charge in [-0.25, -0.2) is 4.79 Å². The van der Waals surface area contributed by atoms with Crippen LogP contribution in [0, 0.1) is 0 Å². The van der Waals surface area contributed by atoms with Gasteiger partial charge in [0.25, 0.3) is 6.29 Å². The standard InChI is InChI=1S/C66H123NO8/c1-6-8-10-12-14-16-18-20-22-23-24-25-26-27-28-29-30-31-32-33-34-35-36-37-38-39-40-41-43-44-46-48-50-52-54-56-63(68)73-60-62(61-74-66(65(70)71)72-59-58-67(3,4)5)75-64(69)57-55-53-51-49-47-45-42-21-19-17-15-13-11-9-7-2/h9,11,15,17,21,42,62,66H,6-8,10,12-14,16,18-20,22-41,43-61H2,1-5H3/p+1/b11-9-,17-15-,42-21-. The van der Waals surface area contributed by atoms with E-state index in [0.717, 1.165) is 70.6 Å². The number of hydrogen-bond acceptors (Lipinski definition) is 7. The number of quaternary nitrogens is 1. The lowest BCUT2D eigenvalue weighted by Crippen LogP contribution is -2.40. The molecule has 2 atom stereocenters. The number of rotatable bonds is 60. The fraction of sp³-hybridized carbons (Fsp3) is 0.864. The van der Waals surface area contributed by atoms with Crippen LogP contribution in [0.3, 0.4) is 0 Å². The van der Waals surface area contributed by atoms with Crippen molar-refractivity contribution in [3.63, 3.8) is 0 Å². The highest BCUT2D eigenvalue weighted by molar-refractivity contribution is 5.71. The molecule has 0 fully saturated rings. The van der Waals surface area contributed by atoms with E-state index in [1.807, 2.05) is 21.1 Å². The van der Waals surface area contributed by atoms with Crippen molar-refractivity contribution in [2.75, 3.05) is 47.5 Å². The Kier molecular flexibility index (Phi) is 55.8. The van der Waals surface area contributed by atoms with Gasteiger partial charge >= 0.3 is 17.9 Å². The fourth-order valence-electron chi connectivity index (χ4n) is 9.50. The lowest BCUT2D eigenvalue weighted by Gasteiger charge is -2.25. The predicted octanol–water partition coefficient (Wildman–Crippen LogP) is 19.2. The summed E-state index contributed by atoms with van der Waals surface area (Å²) in [5, 5.41) is 9.70. The lowest BCUT2D eigenvalue weighted by molar-refractivity contribution is -0.870. The minimum absolute atomic E-state index is 0.185. The lowest BCUT2D eigenvalue weighted by atomic mass is 10.0. The number of hydrogen-bond donors (Lipinski definition) is 1. The van der Waals surface area contributed by atoms with Crippen LogP contribution in [0.5, 0.6) is 0 Å². The highest BCUT2D eigenvalue weighted by Crippen LogP contribution is 2.18. The Morgan fingerprint density at radius 3 is 1.13 bits per heavy atom. The molecule has 9 heteroatoms. The van der Waals surface area contributed by atoms with E-state index in [2.05, 4.69) is 50.3 Å². The maximum atomic E-state index is 12.8. The van der Waals surface area contributed by atoms with Gasteiger partial charge in [-0.3, -0.25) is 9.59 Å². The molecule has 0 aliphatic rings. The SMILES string of the molecule is CC/C=C\C/C=C\C/C=C\CCCCCCCC(=O)OC(COC(=O)CCCCCCCCCCCCCCCCCCCCCCCCCCCCCCCCCCCCC)COC(OCC[N+](C)(C)C)C(=O)O. The maximum Gasteiger partial charge on any atom is 0.361 e. The smallest absolute Gasteiger partial charge is 0.361 e. The summed E-state index contributed by atoms with van der Waals surface area (Å²) in [6, 6.07) is 0. The first kappa shape index (κ1) is 72.5. The topological polar surface area (TPSA) is 108 Å². The average molecular weight is 1060 g/mol. The Hall–Kier alpha value is -2.49. The van der Waals surface area contributed by atoms with Gasteiger partial charge in [-0.2, -0.15) is 0 Å². The first-order valence-electron chi connectivity index (χ1n) is 32.2. The molecule has 0 amide bonds. The van der Waals surface area contributed by atoms with Crippen molar-refractivity contribution in [3.8, 4) is 0 Å². The molecule has 0 saturated carbocycles. The van der Waals surface area contributed by atoms with Crippen LogP contribution in [0.4, 0.5) is 0 Å². The first-order valence-corrected chi connectivity index (χ1v) is 32.2. The molecule has 75 heavy (non-hydrogen) atoms. The Morgan fingerprint density at radius 1 is 0.413 bits per heavy atom. The van der Waals surface area contributed by atoms with E-state index in [-0.39, 0.29) is 32.2 Å². The van der Waals surface area contributed by atoms with Gasteiger partial charge in [-0.15, -0.1) is 0 Å². The molecule has 0 aromatic rings. The third kappa shape index (κ3) is 59.0. The highest BCUT2D eigenvalue weighted by Gasteiger charge is 2.25. The summed E-state index contributed by atoms with van der Waals surface area (Å²) in [4.78, 5) is 37.4. The molecule has 0 aliphatic heterocycles. The van der Waals surface area contributed by atoms with Crippen molar-refractivity contribution in [1.29, 1.82) is 0 Å². The summed E-state index contributed by atoms with van der Waals surface area (Å²) >= 11 is 0. The number of unbranched alkanes of at least 4 members (excludes halogenated alkanes) is 39. The molecule has 0 aromatic carbocycles.